The van der Waals surface area contributed by atoms with Crippen LogP contribution in [-0.2, 0) is 16.2 Å². The fourth-order valence-corrected chi connectivity index (χ4v) is 3.94. The number of benzene rings is 3. The highest BCUT2D eigenvalue weighted by molar-refractivity contribution is 6.31. The molecule has 3 aromatic rings. The summed E-state index contributed by atoms with van der Waals surface area (Å²) in [4.78, 5) is 26.6. The molecular formula is C25H22ClF2N3O4. The van der Waals surface area contributed by atoms with E-state index >= 15 is 0 Å². The molecule has 3 aromatic carbocycles. The van der Waals surface area contributed by atoms with Crippen molar-refractivity contribution in [2.45, 2.75) is 13.0 Å². The number of carbonyl (C=O) groups is 2. The highest BCUT2D eigenvalue weighted by Crippen LogP contribution is 2.36. The number of amides is 2. The number of hydrazine groups is 1. The largest absolute Gasteiger partial charge is 0.493 e. The summed E-state index contributed by atoms with van der Waals surface area (Å²) in [5.41, 5.74) is 6.46. The first-order valence-electron chi connectivity index (χ1n) is 10.7. The standard InChI is InChI=1S/C25H22ClF2N3O4/c1-34-22-7-3-6-21(24(22)35-14-18-19(26)4-2-5-20(18)28)29-30-25(33)15-12-23(32)31(13-15)17-10-8-16(27)9-11-17/h2-11,15,29H,12-14H2,1H3,(H,30,33)/t15-/m1/s1. The molecule has 182 valence electrons. The predicted molar refractivity (Wildman–Crippen MR) is 127 cm³/mol. The summed E-state index contributed by atoms with van der Waals surface area (Å²) in [6.45, 7) is -0.0104. The van der Waals surface area contributed by atoms with E-state index in [9.17, 15) is 18.4 Å². The summed E-state index contributed by atoms with van der Waals surface area (Å²) < 4.78 is 38.5. The first-order valence-corrected chi connectivity index (χ1v) is 11.1. The van der Waals surface area contributed by atoms with E-state index in [0.717, 1.165) is 0 Å². The van der Waals surface area contributed by atoms with Crippen LogP contribution in [0.3, 0.4) is 0 Å². The molecule has 0 radical (unpaired) electrons. The van der Waals surface area contributed by atoms with E-state index in [0.29, 0.717) is 17.1 Å². The van der Waals surface area contributed by atoms with Crippen LogP contribution in [0.15, 0.2) is 60.7 Å². The number of rotatable bonds is 8. The average Bonchev–Trinajstić information content (AvgIpc) is 3.24. The van der Waals surface area contributed by atoms with E-state index in [2.05, 4.69) is 10.9 Å². The third-order valence-corrected chi connectivity index (χ3v) is 5.93. The summed E-state index contributed by atoms with van der Waals surface area (Å²) in [5.74, 6) is -1.58. The minimum absolute atomic E-state index is 0.0120. The monoisotopic (exact) mass is 501 g/mol. The van der Waals surface area contributed by atoms with Crippen LogP contribution in [0.5, 0.6) is 11.5 Å². The Kier molecular flexibility index (Phi) is 7.36. The van der Waals surface area contributed by atoms with Crippen molar-refractivity contribution in [2.75, 3.05) is 24.0 Å². The van der Waals surface area contributed by atoms with Crippen LogP contribution < -0.4 is 25.2 Å². The second-order valence-electron chi connectivity index (χ2n) is 7.82. The van der Waals surface area contributed by atoms with Gasteiger partial charge in [-0.05, 0) is 48.5 Å². The average molecular weight is 502 g/mol. The van der Waals surface area contributed by atoms with Gasteiger partial charge in [0.05, 0.1) is 23.7 Å². The van der Waals surface area contributed by atoms with E-state index in [4.69, 9.17) is 21.1 Å². The smallest absolute Gasteiger partial charge is 0.243 e. The maximum Gasteiger partial charge on any atom is 0.243 e. The van der Waals surface area contributed by atoms with Gasteiger partial charge in [-0.15, -0.1) is 0 Å². The molecular weight excluding hydrogens is 480 g/mol. The number of hydrogen-bond acceptors (Lipinski definition) is 5. The fourth-order valence-electron chi connectivity index (χ4n) is 3.72. The van der Waals surface area contributed by atoms with Crippen molar-refractivity contribution in [3.05, 3.63) is 82.9 Å². The molecule has 7 nitrogen and oxygen atoms in total. The van der Waals surface area contributed by atoms with Gasteiger partial charge in [-0.3, -0.25) is 20.4 Å². The minimum atomic E-state index is -0.618. The minimum Gasteiger partial charge on any atom is -0.493 e. The van der Waals surface area contributed by atoms with E-state index in [1.54, 1.807) is 24.3 Å². The number of para-hydroxylation sites is 1. The lowest BCUT2D eigenvalue weighted by atomic mass is 10.1. The molecule has 1 fully saturated rings. The molecule has 1 saturated heterocycles. The van der Waals surface area contributed by atoms with Crippen molar-refractivity contribution in [1.82, 2.24) is 5.43 Å². The van der Waals surface area contributed by atoms with Crippen LogP contribution in [0.2, 0.25) is 5.02 Å². The van der Waals surface area contributed by atoms with Gasteiger partial charge in [0.2, 0.25) is 11.8 Å². The van der Waals surface area contributed by atoms with Gasteiger partial charge in [-0.25, -0.2) is 8.78 Å². The van der Waals surface area contributed by atoms with Gasteiger partial charge in [-0.2, -0.15) is 0 Å². The van der Waals surface area contributed by atoms with E-state index in [1.807, 2.05) is 0 Å². The Labute approximate surface area is 205 Å². The van der Waals surface area contributed by atoms with Gasteiger partial charge in [0.15, 0.2) is 11.5 Å². The number of nitrogens with zero attached hydrogens (tertiary/aromatic N) is 1. The highest BCUT2D eigenvalue weighted by Gasteiger charge is 2.35. The normalized spacial score (nSPS) is 15.1. The maximum atomic E-state index is 14.2. The quantitative estimate of drug-likeness (QED) is 0.437. The third-order valence-electron chi connectivity index (χ3n) is 5.58. The Morgan fingerprint density at radius 3 is 2.57 bits per heavy atom. The zero-order valence-corrected chi connectivity index (χ0v) is 19.4. The lowest BCUT2D eigenvalue weighted by molar-refractivity contribution is -0.125. The molecule has 0 aliphatic carbocycles. The molecule has 0 unspecified atom stereocenters. The van der Waals surface area contributed by atoms with E-state index in [1.165, 1.54) is 48.4 Å². The molecule has 10 heteroatoms. The van der Waals surface area contributed by atoms with E-state index < -0.39 is 23.5 Å². The van der Waals surface area contributed by atoms with Crippen LogP contribution in [0.4, 0.5) is 20.2 Å². The summed E-state index contributed by atoms with van der Waals surface area (Å²) in [7, 11) is 1.45. The van der Waals surface area contributed by atoms with Crippen molar-refractivity contribution in [3.63, 3.8) is 0 Å². The zero-order chi connectivity index (χ0) is 24.9. The fraction of sp³-hybridized carbons (Fsp3) is 0.200. The van der Waals surface area contributed by atoms with Crippen LogP contribution >= 0.6 is 11.6 Å². The highest BCUT2D eigenvalue weighted by atomic mass is 35.5. The molecule has 1 atom stereocenters. The molecule has 2 amide bonds. The van der Waals surface area contributed by atoms with Crippen molar-refractivity contribution in [2.24, 2.45) is 5.92 Å². The van der Waals surface area contributed by atoms with Crippen molar-refractivity contribution in [1.29, 1.82) is 0 Å². The molecule has 2 N–H and O–H groups in total. The van der Waals surface area contributed by atoms with Crippen LogP contribution in [0, 0.1) is 17.6 Å². The second-order valence-corrected chi connectivity index (χ2v) is 8.23. The molecule has 0 aromatic heterocycles. The summed E-state index contributed by atoms with van der Waals surface area (Å²) in [6, 6.07) is 14.8. The molecule has 1 aliphatic rings. The topological polar surface area (TPSA) is 79.9 Å². The van der Waals surface area contributed by atoms with Crippen LogP contribution in [0.25, 0.3) is 0 Å². The van der Waals surface area contributed by atoms with Crippen molar-refractivity contribution in [3.8, 4) is 11.5 Å². The van der Waals surface area contributed by atoms with Gasteiger partial charge in [0, 0.05) is 24.2 Å². The van der Waals surface area contributed by atoms with Crippen LogP contribution in [-0.4, -0.2) is 25.5 Å². The lowest BCUT2D eigenvalue weighted by Crippen LogP contribution is -2.36. The van der Waals surface area contributed by atoms with Gasteiger partial charge in [-0.1, -0.05) is 23.7 Å². The number of halogens is 3. The molecule has 0 spiro atoms. The predicted octanol–water partition coefficient (Wildman–Crippen LogP) is 4.70. The Bertz CT molecular complexity index is 1220. The van der Waals surface area contributed by atoms with Gasteiger partial charge >= 0.3 is 0 Å². The first kappa shape index (κ1) is 24.3. The van der Waals surface area contributed by atoms with E-state index in [-0.39, 0.29) is 41.8 Å². The molecule has 35 heavy (non-hydrogen) atoms. The summed E-state index contributed by atoms with van der Waals surface area (Å²) in [6.07, 6.45) is 0.0120. The van der Waals surface area contributed by atoms with Crippen molar-refractivity contribution >= 4 is 34.8 Å². The number of nitrogens with one attached hydrogen (secondary N) is 2. The Morgan fingerprint density at radius 1 is 1.11 bits per heavy atom. The molecule has 1 aliphatic heterocycles. The van der Waals surface area contributed by atoms with Crippen molar-refractivity contribution < 1.29 is 27.8 Å². The number of ether oxygens (including phenoxy) is 2. The number of carbonyl (C=O) groups excluding carboxylic acids is 2. The Hall–Kier alpha value is -3.85. The lowest BCUT2D eigenvalue weighted by Gasteiger charge is -2.19. The molecule has 1 heterocycles. The summed E-state index contributed by atoms with van der Waals surface area (Å²) in [5, 5.41) is 0.222. The Balaban J connectivity index is 1.43. The van der Waals surface area contributed by atoms with Crippen LogP contribution in [0.1, 0.15) is 12.0 Å². The summed E-state index contributed by atoms with van der Waals surface area (Å²) >= 11 is 6.09. The van der Waals surface area contributed by atoms with Gasteiger partial charge < -0.3 is 14.4 Å². The third kappa shape index (κ3) is 5.46. The SMILES string of the molecule is COc1cccc(NNC(=O)[C@@H]2CC(=O)N(c3ccc(F)cc3)C2)c1OCc1c(F)cccc1Cl. The zero-order valence-electron chi connectivity index (χ0n) is 18.7. The Morgan fingerprint density at radius 2 is 1.86 bits per heavy atom. The first-order chi connectivity index (χ1) is 16.9. The molecule has 0 saturated carbocycles. The number of methoxy groups -OCH3 is 1. The van der Waals surface area contributed by atoms with Gasteiger partial charge in [0.1, 0.15) is 18.2 Å². The van der Waals surface area contributed by atoms with Gasteiger partial charge in [0.25, 0.3) is 0 Å². The second kappa shape index (κ2) is 10.6. The number of anilines is 2. The maximum absolute atomic E-state index is 14.2. The molecule has 4 rings (SSSR count). The number of hydrogen-bond donors (Lipinski definition) is 2. The molecule has 0 bridgehead atoms.